The van der Waals surface area contributed by atoms with Crippen LogP contribution in [0, 0.1) is 5.82 Å². The minimum absolute atomic E-state index is 0.0197. The number of carbonyl (C=O) groups excluding carboxylic acids is 1. The van der Waals surface area contributed by atoms with E-state index < -0.39 is 0 Å². The lowest BCUT2D eigenvalue weighted by Crippen LogP contribution is -2.24. The number of methoxy groups -OCH3 is 2. The molecule has 7 nitrogen and oxygen atoms in total. The average molecular weight is 486 g/mol. The quantitative estimate of drug-likeness (QED) is 0.294. The molecule has 0 radical (unpaired) electrons. The fraction of sp³-hybridized carbons (Fsp3) is 0.174. The van der Waals surface area contributed by atoms with Gasteiger partial charge in [-0.2, -0.15) is 0 Å². The summed E-state index contributed by atoms with van der Waals surface area (Å²) in [4.78, 5) is 30.3. The number of anilines is 1. The molecule has 0 fully saturated rings. The number of amides is 1. The van der Waals surface area contributed by atoms with E-state index in [0.29, 0.717) is 32.6 Å². The maximum Gasteiger partial charge on any atom is 0.272 e. The number of carbonyl (C=O) groups is 1. The van der Waals surface area contributed by atoms with E-state index in [2.05, 4.69) is 10.3 Å². The molecule has 4 rings (SSSR count). The SMILES string of the molecule is COc1ccc(OC)c(NC(=O)CSc2nc3ccsc3c(=O)n2Cc2ccc(F)cc2)c1. The first-order valence-electron chi connectivity index (χ1n) is 9.85. The summed E-state index contributed by atoms with van der Waals surface area (Å²) in [6.45, 7) is 0.216. The molecule has 0 saturated carbocycles. The number of fused-ring (bicyclic) bond motifs is 1. The Labute approximate surface area is 197 Å². The Bertz CT molecular complexity index is 1350. The van der Waals surface area contributed by atoms with E-state index in [-0.39, 0.29) is 29.6 Å². The summed E-state index contributed by atoms with van der Waals surface area (Å²) in [7, 11) is 3.05. The van der Waals surface area contributed by atoms with Crippen molar-refractivity contribution in [2.24, 2.45) is 0 Å². The van der Waals surface area contributed by atoms with Crippen molar-refractivity contribution >= 4 is 44.9 Å². The molecule has 0 unspecified atom stereocenters. The third kappa shape index (κ3) is 5.18. The molecule has 2 aromatic heterocycles. The van der Waals surface area contributed by atoms with Crippen LogP contribution in [0.3, 0.4) is 0 Å². The molecule has 10 heteroatoms. The van der Waals surface area contributed by atoms with Gasteiger partial charge in [0.15, 0.2) is 5.16 Å². The largest absolute Gasteiger partial charge is 0.497 e. The second-order valence-electron chi connectivity index (χ2n) is 6.95. The number of thiophene rings is 1. The van der Waals surface area contributed by atoms with Crippen LogP contribution in [0.2, 0.25) is 0 Å². The van der Waals surface area contributed by atoms with Crippen molar-refractivity contribution in [3.05, 3.63) is 75.6 Å². The van der Waals surface area contributed by atoms with Gasteiger partial charge in [0.2, 0.25) is 5.91 Å². The van der Waals surface area contributed by atoms with Crippen LogP contribution in [-0.2, 0) is 11.3 Å². The van der Waals surface area contributed by atoms with Gasteiger partial charge in [-0.05, 0) is 41.3 Å². The van der Waals surface area contributed by atoms with Gasteiger partial charge in [-0.3, -0.25) is 14.2 Å². The molecule has 2 aromatic carbocycles. The predicted molar refractivity (Wildman–Crippen MR) is 128 cm³/mol. The van der Waals surface area contributed by atoms with Crippen LogP contribution in [0.5, 0.6) is 11.5 Å². The number of halogens is 1. The van der Waals surface area contributed by atoms with Crippen molar-refractivity contribution < 1.29 is 18.7 Å². The number of rotatable bonds is 8. The van der Waals surface area contributed by atoms with Crippen LogP contribution in [-0.4, -0.2) is 35.4 Å². The first-order chi connectivity index (χ1) is 16.0. The van der Waals surface area contributed by atoms with Crippen LogP contribution >= 0.6 is 23.1 Å². The topological polar surface area (TPSA) is 82.5 Å². The van der Waals surface area contributed by atoms with Crippen LogP contribution in [0.15, 0.2) is 63.9 Å². The molecule has 1 amide bonds. The van der Waals surface area contributed by atoms with E-state index >= 15 is 0 Å². The summed E-state index contributed by atoms with van der Waals surface area (Å²) in [6, 6.07) is 12.8. The summed E-state index contributed by atoms with van der Waals surface area (Å²) >= 11 is 2.46. The van der Waals surface area contributed by atoms with Crippen molar-refractivity contribution in [1.29, 1.82) is 0 Å². The molecule has 0 saturated heterocycles. The summed E-state index contributed by atoms with van der Waals surface area (Å²) in [5.74, 6) is 0.458. The van der Waals surface area contributed by atoms with E-state index in [0.717, 1.165) is 17.3 Å². The monoisotopic (exact) mass is 485 g/mol. The standard InChI is InChI=1S/C23H20FN3O4S2/c1-30-16-7-8-19(31-2)18(11-16)25-20(28)13-33-23-26-17-9-10-32-21(17)22(29)27(23)12-14-3-5-15(24)6-4-14/h3-11H,12-13H2,1-2H3,(H,25,28). The van der Waals surface area contributed by atoms with Gasteiger partial charge in [0.25, 0.3) is 5.56 Å². The number of benzene rings is 2. The minimum atomic E-state index is -0.350. The number of nitrogens with one attached hydrogen (secondary N) is 1. The van der Waals surface area contributed by atoms with Crippen molar-refractivity contribution in [1.82, 2.24) is 9.55 Å². The normalized spacial score (nSPS) is 10.9. The Kier molecular flexibility index (Phi) is 6.95. The Hall–Kier alpha value is -3.37. The second-order valence-corrected chi connectivity index (χ2v) is 8.81. The first kappa shape index (κ1) is 22.8. The number of aromatic nitrogens is 2. The van der Waals surface area contributed by atoms with Crippen LogP contribution < -0.4 is 20.3 Å². The zero-order chi connectivity index (χ0) is 23.4. The fourth-order valence-corrected chi connectivity index (χ4v) is 4.75. The highest BCUT2D eigenvalue weighted by Gasteiger charge is 2.16. The van der Waals surface area contributed by atoms with Crippen molar-refractivity contribution in [2.45, 2.75) is 11.7 Å². The fourth-order valence-electron chi connectivity index (χ4n) is 3.17. The Morgan fingerprint density at radius 2 is 1.94 bits per heavy atom. The molecule has 1 N–H and O–H groups in total. The molecule has 2 heterocycles. The average Bonchev–Trinajstić information content (AvgIpc) is 3.30. The van der Waals surface area contributed by atoms with Gasteiger partial charge in [-0.1, -0.05) is 23.9 Å². The number of ether oxygens (including phenoxy) is 2. The zero-order valence-electron chi connectivity index (χ0n) is 17.8. The Morgan fingerprint density at radius 1 is 1.15 bits per heavy atom. The zero-order valence-corrected chi connectivity index (χ0v) is 19.5. The molecular formula is C23H20FN3O4S2. The molecule has 0 bridgehead atoms. The number of hydrogen-bond acceptors (Lipinski definition) is 7. The van der Waals surface area contributed by atoms with Gasteiger partial charge >= 0.3 is 0 Å². The molecule has 0 aliphatic carbocycles. The molecule has 4 aromatic rings. The number of thioether (sulfide) groups is 1. The third-order valence-corrected chi connectivity index (χ3v) is 6.67. The van der Waals surface area contributed by atoms with Gasteiger partial charge in [0, 0.05) is 6.07 Å². The molecule has 33 heavy (non-hydrogen) atoms. The van der Waals surface area contributed by atoms with Gasteiger partial charge in [0.1, 0.15) is 22.0 Å². The Balaban J connectivity index is 1.57. The highest BCUT2D eigenvalue weighted by molar-refractivity contribution is 7.99. The summed E-state index contributed by atoms with van der Waals surface area (Å²) in [5, 5.41) is 5.02. The lowest BCUT2D eigenvalue weighted by Gasteiger charge is -2.13. The van der Waals surface area contributed by atoms with Gasteiger partial charge in [-0.25, -0.2) is 9.37 Å². The summed E-state index contributed by atoms with van der Waals surface area (Å²) in [6.07, 6.45) is 0. The summed E-state index contributed by atoms with van der Waals surface area (Å²) in [5.41, 5.74) is 1.62. The van der Waals surface area contributed by atoms with Gasteiger partial charge in [0.05, 0.1) is 37.7 Å². The van der Waals surface area contributed by atoms with E-state index in [1.807, 2.05) is 0 Å². The van der Waals surface area contributed by atoms with Gasteiger partial charge in [-0.15, -0.1) is 11.3 Å². The lowest BCUT2D eigenvalue weighted by atomic mass is 10.2. The third-order valence-electron chi connectivity index (χ3n) is 4.80. The molecule has 0 aliphatic rings. The maximum atomic E-state index is 13.3. The predicted octanol–water partition coefficient (Wildman–Crippen LogP) is 4.39. The van der Waals surface area contributed by atoms with Crippen molar-refractivity contribution in [3.63, 3.8) is 0 Å². The van der Waals surface area contributed by atoms with Crippen LogP contribution in [0.25, 0.3) is 10.2 Å². The molecular weight excluding hydrogens is 465 g/mol. The van der Waals surface area contributed by atoms with E-state index in [1.54, 1.807) is 41.8 Å². The molecule has 170 valence electrons. The highest BCUT2D eigenvalue weighted by Crippen LogP contribution is 2.29. The van der Waals surface area contributed by atoms with E-state index in [1.165, 1.54) is 42.3 Å². The van der Waals surface area contributed by atoms with Crippen LogP contribution in [0.4, 0.5) is 10.1 Å². The lowest BCUT2D eigenvalue weighted by molar-refractivity contribution is -0.113. The van der Waals surface area contributed by atoms with E-state index in [9.17, 15) is 14.0 Å². The molecule has 0 spiro atoms. The minimum Gasteiger partial charge on any atom is -0.497 e. The number of hydrogen-bond donors (Lipinski definition) is 1. The summed E-state index contributed by atoms with van der Waals surface area (Å²) < 4.78 is 25.8. The first-order valence-corrected chi connectivity index (χ1v) is 11.7. The second kappa shape index (κ2) is 10.1. The Morgan fingerprint density at radius 3 is 2.67 bits per heavy atom. The number of nitrogens with zero attached hydrogens (tertiary/aromatic N) is 2. The van der Waals surface area contributed by atoms with Crippen LogP contribution in [0.1, 0.15) is 5.56 Å². The molecule has 0 aliphatic heterocycles. The maximum absolute atomic E-state index is 13.3. The van der Waals surface area contributed by atoms with Crippen molar-refractivity contribution in [2.75, 3.05) is 25.3 Å². The van der Waals surface area contributed by atoms with Gasteiger partial charge < -0.3 is 14.8 Å². The van der Waals surface area contributed by atoms with E-state index in [4.69, 9.17) is 9.47 Å². The highest BCUT2D eigenvalue weighted by atomic mass is 32.2. The molecule has 0 atom stereocenters. The smallest absolute Gasteiger partial charge is 0.272 e. The van der Waals surface area contributed by atoms with Crippen molar-refractivity contribution in [3.8, 4) is 11.5 Å².